The molecule has 1 aromatic carbocycles. The molecule has 0 bridgehead atoms. The summed E-state index contributed by atoms with van der Waals surface area (Å²) in [5, 5.41) is 0. The van der Waals surface area contributed by atoms with Crippen LogP contribution in [0.25, 0.3) is 0 Å². The van der Waals surface area contributed by atoms with E-state index in [1.165, 1.54) is 5.56 Å². The molecule has 2 heteroatoms. The summed E-state index contributed by atoms with van der Waals surface area (Å²) >= 11 is 0. The zero-order valence-electron chi connectivity index (χ0n) is 7.57. The van der Waals surface area contributed by atoms with E-state index in [4.69, 9.17) is 4.74 Å². The van der Waals surface area contributed by atoms with Crippen molar-refractivity contribution < 1.29 is 4.74 Å². The molecule has 0 amide bonds. The van der Waals surface area contributed by atoms with Gasteiger partial charge < -0.3 is 4.74 Å². The van der Waals surface area contributed by atoms with Crippen molar-refractivity contribution in [2.45, 2.75) is 19.4 Å². The monoisotopic (exact) mass is 175 g/mol. The van der Waals surface area contributed by atoms with Crippen molar-refractivity contribution in [1.29, 1.82) is 0 Å². The van der Waals surface area contributed by atoms with Crippen LogP contribution >= 0.6 is 0 Å². The molecule has 0 aromatic heterocycles. The molecule has 0 radical (unpaired) electrons. The van der Waals surface area contributed by atoms with E-state index in [1.54, 1.807) is 0 Å². The minimum Gasteiger partial charge on any atom is -0.481 e. The fourth-order valence-corrected chi connectivity index (χ4v) is 1.37. The standard InChI is InChI=1S/C11H13NO/c1-2-5-10(6-3-1)9-12-11-7-4-8-13-11/h1-3,5-6H,4,7-9H2. The lowest BCUT2D eigenvalue weighted by molar-refractivity contribution is 0.342. The van der Waals surface area contributed by atoms with Gasteiger partial charge in [-0.2, -0.15) is 0 Å². The Morgan fingerprint density at radius 3 is 2.77 bits per heavy atom. The van der Waals surface area contributed by atoms with Crippen molar-refractivity contribution in [1.82, 2.24) is 0 Å². The number of rotatable bonds is 2. The van der Waals surface area contributed by atoms with Crippen LogP contribution in [0.15, 0.2) is 35.3 Å². The third-order valence-corrected chi connectivity index (χ3v) is 2.08. The van der Waals surface area contributed by atoms with Crippen LogP contribution in [0.4, 0.5) is 0 Å². The highest BCUT2D eigenvalue weighted by Crippen LogP contribution is 2.08. The molecule has 2 rings (SSSR count). The number of hydrogen-bond donors (Lipinski definition) is 0. The van der Waals surface area contributed by atoms with Gasteiger partial charge in [-0.3, -0.25) is 4.99 Å². The van der Waals surface area contributed by atoms with E-state index < -0.39 is 0 Å². The average molecular weight is 175 g/mol. The smallest absolute Gasteiger partial charge is 0.183 e. The zero-order valence-corrected chi connectivity index (χ0v) is 7.57. The van der Waals surface area contributed by atoms with Gasteiger partial charge in [0.25, 0.3) is 0 Å². The van der Waals surface area contributed by atoms with Gasteiger partial charge >= 0.3 is 0 Å². The molecule has 1 aliphatic rings. The quantitative estimate of drug-likeness (QED) is 0.676. The Kier molecular flexibility index (Phi) is 2.60. The van der Waals surface area contributed by atoms with E-state index in [0.29, 0.717) is 0 Å². The maximum absolute atomic E-state index is 5.32. The van der Waals surface area contributed by atoms with E-state index >= 15 is 0 Å². The summed E-state index contributed by atoms with van der Waals surface area (Å²) in [6.07, 6.45) is 2.13. The fraction of sp³-hybridized carbons (Fsp3) is 0.364. The van der Waals surface area contributed by atoms with Crippen molar-refractivity contribution in [3.8, 4) is 0 Å². The summed E-state index contributed by atoms with van der Waals surface area (Å²) in [4.78, 5) is 4.39. The van der Waals surface area contributed by atoms with Crippen molar-refractivity contribution in [3.05, 3.63) is 35.9 Å². The average Bonchev–Trinajstić information content (AvgIpc) is 2.69. The number of ether oxygens (including phenoxy) is 1. The Hall–Kier alpha value is -1.31. The van der Waals surface area contributed by atoms with Crippen LogP contribution < -0.4 is 0 Å². The molecule has 1 aliphatic heterocycles. The van der Waals surface area contributed by atoms with Gasteiger partial charge in [-0.05, 0) is 12.0 Å². The Bertz CT molecular complexity index is 284. The molecule has 1 aromatic rings. The molecule has 0 N–H and O–H groups in total. The Morgan fingerprint density at radius 1 is 1.23 bits per heavy atom. The summed E-state index contributed by atoms with van der Waals surface area (Å²) in [5.74, 6) is 0.920. The maximum atomic E-state index is 5.32. The second-order valence-corrected chi connectivity index (χ2v) is 3.15. The first-order valence-corrected chi connectivity index (χ1v) is 4.65. The minimum absolute atomic E-state index is 0.746. The molecule has 2 nitrogen and oxygen atoms in total. The van der Waals surface area contributed by atoms with Crippen molar-refractivity contribution >= 4 is 5.90 Å². The molecule has 1 saturated heterocycles. The van der Waals surface area contributed by atoms with Gasteiger partial charge in [0.1, 0.15) is 0 Å². The lowest BCUT2D eigenvalue weighted by Crippen LogP contribution is -1.94. The number of aliphatic imine (C=N–C) groups is 1. The third-order valence-electron chi connectivity index (χ3n) is 2.08. The Labute approximate surface area is 78.3 Å². The third kappa shape index (κ3) is 2.31. The van der Waals surface area contributed by atoms with Gasteiger partial charge in [-0.1, -0.05) is 30.3 Å². The summed E-state index contributed by atoms with van der Waals surface area (Å²) in [5.41, 5.74) is 1.24. The number of benzene rings is 1. The van der Waals surface area contributed by atoms with E-state index in [-0.39, 0.29) is 0 Å². The van der Waals surface area contributed by atoms with Gasteiger partial charge in [0.15, 0.2) is 5.90 Å². The SMILES string of the molecule is c1ccc(CN=C2CCCO2)cc1. The molecule has 0 unspecified atom stereocenters. The molecule has 13 heavy (non-hydrogen) atoms. The molecule has 0 atom stereocenters. The Balaban J connectivity index is 1.95. The minimum atomic E-state index is 0.746. The van der Waals surface area contributed by atoms with E-state index in [2.05, 4.69) is 17.1 Å². The van der Waals surface area contributed by atoms with Crippen molar-refractivity contribution in [2.75, 3.05) is 6.61 Å². The lowest BCUT2D eigenvalue weighted by atomic mass is 10.2. The topological polar surface area (TPSA) is 21.6 Å². The molecule has 0 saturated carbocycles. The van der Waals surface area contributed by atoms with Gasteiger partial charge in [-0.25, -0.2) is 0 Å². The Morgan fingerprint density at radius 2 is 2.08 bits per heavy atom. The van der Waals surface area contributed by atoms with Gasteiger partial charge in [0, 0.05) is 6.42 Å². The first kappa shape index (κ1) is 8.30. The zero-order chi connectivity index (χ0) is 8.93. The number of nitrogens with zero attached hydrogens (tertiary/aromatic N) is 1. The molecular weight excluding hydrogens is 162 g/mol. The van der Waals surface area contributed by atoms with Gasteiger partial charge in [0.05, 0.1) is 13.2 Å². The first-order chi connectivity index (χ1) is 6.45. The van der Waals surface area contributed by atoms with Crippen LogP contribution in [-0.4, -0.2) is 12.5 Å². The summed E-state index contributed by atoms with van der Waals surface area (Å²) in [6, 6.07) is 10.2. The summed E-state index contributed by atoms with van der Waals surface area (Å²) in [7, 11) is 0. The van der Waals surface area contributed by atoms with E-state index in [1.807, 2.05) is 18.2 Å². The van der Waals surface area contributed by atoms with Crippen LogP contribution in [0.1, 0.15) is 18.4 Å². The highest BCUT2D eigenvalue weighted by atomic mass is 16.5. The lowest BCUT2D eigenvalue weighted by Gasteiger charge is -1.98. The van der Waals surface area contributed by atoms with Crippen LogP contribution in [0.5, 0.6) is 0 Å². The first-order valence-electron chi connectivity index (χ1n) is 4.65. The van der Waals surface area contributed by atoms with Crippen LogP contribution in [0, 0.1) is 0 Å². The molecule has 68 valence electrons. The molecule has 1 fully saturated rings. The van der Waals surface area contributed by atoms with Crippen LogP contribution in [0.2, 0.25) is 0 Å². The molecule has 1 heterocycles. The van der Waals surface area contributed by atoms with E-state index in [9.17, 15) is 0 Å². The maximum Gasteiger partial charge on any atom is 0.183 e. The fourth-order valence-electron chi connectivity index (χ4n) is 1.37. The predicted molar refractivity (Wildman–Crippen MR) is 52.8 cm³/mol. The van der Waals surface area contributed by atoms with Gasteiger partial charge in [-0.15, -0.1) is 0 Å². The molecule has 0 spiro atoms. The highest BCUT2D eigenvalue weighted by molar-refractivity contribution is 5.77. The molecule has 0 aliphatic carbocycles. The van der Waals surface area contributed by atoms with E-state index in [0.717, 1.165) is 31.9 Å². The normalized spacial score (nSPS) is 18.9. The van der Waals surface area contributed by atoms with Crippen LogP contribution in [0.3, 0.4) is 0 Å². The second kappa shape index (κ2) is 4.08. The molecular formula is C11H13NO. The predicted octanol–water partition coefficient (Wildman–Crippen LogP) is 2.40. The largest absolute Gasteiger partial charge is 0.481 e. The van der Waals surface area contributed by atoms with Crippen molar-refractivity contribution in [3.63, 3.8) is 0 Å². The van der Waals surface area contributed by atoms with Gasteiger partial charge in [0.2, 0.25) is 0 Å². The number of hydrogen-bond acceptors (Lipinski definition) is 2. The summed E-state index contributed by atoms with van der Waals surface area (Å²) in [6.45, 7) is 1.59. The van der Waals surface area contributed by atoms with Crippen molar-refractivity contribution in [2.24, 2.45) is 4.99 Å². The summed E-state index contributed by atoms with van der Waals surface area (Å²) < 4.78 is 5.32. The highest BCUT2D eigenvalue weighted by Gasteiger charge is 2.07. The second-order valence-electron chi connectivity index (χ2n) is 3.15. The van der Waals surface area contributed by atoms with Crippen LogP contribution in [-0.2, 0) is 11.3 Å².